The maximum absolute atomic E-state index is 12.4. The second-order valence-electron chi connectivity index (χ2n) is 4.64. The average molecular weight is 314 g/mol. The lowest BCUT2D eigenvalue weighted by molar-refractivity contribution is -0.384. The van der Waals surface area contributed by atoms with Gasteiger partial charge in [0.1, 0.15) is 11.4 Å². The normalized spacial score (nSPS) is 10.6. The number of nitro benzene ring substituents is 1. The van der Waals surface area contributed by atoms with E-state index in [0.29, 0.717) is 10.3 Å². The number of nitrogens with one attached hydrogen (secondary N) is 1. The second kappa shape index (κ2) is 5.30. The zero-order valence-electron chi connectivity index (χ0n) is 11.5. The van der Waals surface area contributed by atoms with Crippen LogP contribution in [0.3, 0.4) is 0 Å². The molecule has 0 radical (unpaired) electrons. The third kappa shape index (κ3) is 2.39. The summed E-state index contributed by atoms with van der Waals surface area (Å²) in [5.74, 6) is -0.422. The van der Waals surface area contributed by atoms with Gasteiger partial charge >= 0.3 is 11.4 Å². The molecule has 3 aromatic rings. The molecule has 0 aliphatic rings. The highest BCUT2D eigenvalue weighted by Crippen LogP contribution is 2.24. The Balaban J connectivity index is 2.25. The summed E-state index contributed by atoms with van der Waals surface area (Å²) in [4.78, 5) is 34.7. The van der Waals surface area contributed by atoms with E-state index in [9.17, 15) is 24.8 Å². The zero-order chi connectivity index (χ0) is 16.6. The van der Waals surface area contributed by atoms with Gasteiger partial charge < -0.3 is 5.11 Å². The summed E-state index contributed by atoms with van der Waals surface area (Å²) < 4.78 is 1.62. The van der Waals surface area contributed by atoms with E-state index in [0.717, 1.165) is 22.9 Å². The van der Waals surface area contributed by atoms with E-state index in [1.165, 1.54) is 0 Å². The quantitative estimate of drug-likeness (QED) is 0.550. The molecule has 0 saturated heterocycles. The number of para-hydroxylation sites is 1. The number of phenolic OH excluding ortho intramolecular Hbond substituents is 1. The SMILES string of the molecule is O=c1[nH]n(-c2ccccc2)c(=O)n1-c1cc([N+](=O)[O-])ccc1O. The molecule has 2 aromatic carbocycles. The predicted molar refractivity (Wildman–Crippen MR) is 80.3 cm³/mol. The Labute approximate surface area is 127 Å². The Kier molecular flexibility index (Phi) is 3.30. The van der Waals surface area contributed by atoms with Crippen LogP contribution < -0.4 is 11.4 Å². The zero-order valence-corrected chi connectivity index (χ0v) is 11.5. The van der Waals surface area contributed by atoms with Crippen LogP contribution in [0.4, 0.5) is 5.69 Å². The van der Waals surface area contributed by atoms with Crippen LogP contribution in [0, 0.1) is 10.1 Å². The number of rotatable bonds is 3. The first kappa shape index (κ1) is 14.3. The topological polar surface area (TPSA) is 123 Å². The molecule has 0 amide bonds. The number of phenols is 1. The minimum absolute atomic E-state index is 0.264. The first-order valence-electron chi connectivity index (χ1n) is 6.46. The molecule has 0 atom stereocenters. The number of non-ortho nitro benzene ring substituents is 1. The van der Waals surface area contributed by atoms with Crippen LogP contribution in [0.15, 0.2) is 58.1 Å². The molecule has 1 heterocycles. The Morgan fingerprint density at radius 1 is 1.09 bits per heavy atom. The van der Waals surface area contributed by atoms with Crippen molar-refractivity contribution >= 4 is 5.69 Å². The molecule has 3 rings (SSSR count). The molecule has 0 bridgehead atoms. The van der Waals surface area contributed by atoms with Crippen molar-refractivity contribution in [1.29, 1.82) is 0 Å². The molecule has 0 saturated carbocycles. The Morgan fingerprint density at radius 3 is 2.43 bits per heavy atom. The number of hydrogen-bond donors (Lipinski definition) is 2. The van der Waals surface area contributed by atoms with E-state index in [2.05, 4.69) is 5.10 Å². The highest BCUT2D eigenvalue weighted by Gasteiger charge is 2.18. The summed E-state index contributed by atoms with van der Waals surface area (Å²) in [5, 5.41) is 23.0. The molecule has 9 heteroatoms. The van der Waals surface area contributed by atoms with Crippen LogP contribution in [0.2, 0.25) is 0 Å². The Morgan fingerprint density at radius 2 is 1.78 bits per heavy atom. The molecular weight excluding hydrogens is 304 g/mol. The summed E-state index contributed by atoms with van der Waals surface area (Å²) in [7, 11) is 0. The van der Waals surface area contributed by atoms with Crippen LogP contribution in [0.25, 0.3) is 11.4 Å². The smallest absolute Gasteiger partial charge is 0.356 e. The van der Waals surface area contributed by atoms with Crippen molar-refractivity contribution in [3.63, 3.8) is 0 Å². The molecule has 2 N–H and O–H groups in total. The van der Waals surface area contributed by atoms with Crippen LogP contribution in [0.1, 0.15) is 0 Å². The number of benzene rings is 2. The summed E-state index contributed by atoms with van der Waals surface area (Å²) in [5.41, 5.74) is -1.80. The fourth-order valence-corrected chi connectivity index (χ4v) is 2.15. The first-order chi connectivity index (χ1) is 11.0. The summed E-state index contributed by atoms with van der Waals surface area (Å²) >= 11 is 0. The molecule has 23 heavy (non-hydrogen) atoms. The predicted octanol–water partition coefficient (Wildman–Crippen LogP) is 0.930. The average Bonchev–Trinajstić information content (AvgIpc) is 2.83. The minimum Gasteiger partial charge on any atom is -0.506 e. The largest absolute Gasteiger partial charge is 0.506 e. The molecule has 0 fully saturated rings. The molecule has 0 aliphatic carbocycles. The molecule has 0 aliphatic heterocycles. The fourth-order valence-electron chi connectivity index (χ4n) is 2.15. The third-order valence-corrected chi connectivity index (χ3v) is 3.22. The highest BCUT2D eigenvalue weighted by atomic mass is 16.6. The van der Waals surface area contributed by atoms with Crippen LogP contribution >= 0.6 is 0 Å². The molecule has 0 spiro atoms. The fraction of sp³-hybridized carbons (Fsp3) is 0. The lowest BCUT2D eigenvalue weighted by atomic mass is 10.2. The van der Waals surface area contributed by atoms with Crippen molar-refractivity contribution in [2.75, 3.05) is 0 Å². The first-order valence-corrected chi connectivity index (χ1v) is 6.46. The second-order valence-corrected chi connectivity index (χ2v) is 4.64. The van der Waals surface area contributed by atoms with Crippen molar-refractivity contribution in [2.24, 2.45) is 0 Å². The van der Waals surface area contributed by atoms with Crippen molar-refractivity contribution < 1.29 is 10.0 Å². The number of H-pyrrole nitrogens is 1. The number of nitro groups is 1. The van der Waals surface area contributed by atoms with Gasteiger partial charge in [-0.3, -0.25) is 10.1 Å². The summed E-state index contributed by atoms with van der Waals surface area (Å²) in [6, 6.07) is 11.4. The number of hydrogen-bond acceptors (Lipinski definition) is 5. The standard InChI is InChI=1S/C14H10N4O5/c19-12-7-6-10(18(22)23)8-11(12)16-13(20)15-17(14(16)21)9-4-2-1-3-5-9/h1-8,19H,(H,15,20). The van der Waals surface area contributed by atoms with E-state index < -0.39 is 22.1 Å². The molecule has 116 valence electrons. The molecule has 1 aromatic heterocycles. The third-order valence-electron chi connectivity index (χ3n) is 3.22. The maximum Gasteiger partial charge on any atom is 0.356 e. The lowest BCUT2D eigenvalue weighted by Gasteiger charge is -2.03. The Hall–Kier alpha value is -3.62. The van der Waals surface area contributed by atoms with Crippen LogP contribution in [0.5, 0.6) is 5.75 Å². The van der Waals surface area contributed by atoms with E-state index >= 15 is 0 Å². The van der Waals surface area contributed by atoms with Gasteiger partial charge in [0, 0.05) is 12.1 Å². The van der Waals surface area contributed by atoms with Crippen molar-refractivity contribution in [3.8, 4) is 17.1 Å². The number of aromatic nitrogens is 3. The van der Waals surface area contributed by atoms with Gasteiger partial charge in [-0.05, 0) is 18.2 Å². The van der Waals surface area contributed by atoms with Crippen LogP contribution in [-0.4, -0.2) is 24.4 Å². The monoisotopic (exact) mass is 314 g/mol. The summed E-state index contributed by atoms with van der Waals surface area (Å²) in [6.45, 7) is 0. The van der Waals surface area contributed by atoms with Crippen molar-refractivity contribution in [2.45, 2.75) is 0 Å². The summed E-state index contributed by atoms with van der Waals surface area (Å²) in [6.07, 6.45) is 0. The van der Waals surface area contributed by atoms with E-state index in [1.807, 2.05) is 0 Å². The number of aromatic amines is 1. The molecule has 0 unspecified atom stereocenters. The maximum atomic E-state index is 12.4. The van der Waals surface area contributed by atoms with E-state index in [1.54, 1.807) is 30.3 Å². The van der Waals surface area contributed by atoms with Gasteiger partial charge in [-0.1, -0.05) is 18.2 Å². The molecular formula is C14H10N4O5. The number of nitrogens with zero attached hydrogens (tertiary/aromatic N) is 3. The van der Waals surface area contributed by atoms with Gasteiger partial charge in [-0.15, -0.1) is 0 Å². The molecule has 9 nitrogen and oxygen atoms in total. The van der Waals surface area contributed by atoms with Gasteiger partial charge in [0.05, 0.1) is 10.6 Å². The van der Waals surface area contributed by atoms with Crippen molar-refractivity contribution in [3.05, 3.63) is 79.6 Å². The van der Waals surface area contributed by atoms with Gasteiger partial charge in [0.15, 0.2) is 0 Å². The van der Waals surface area contributed by atoms with Gasteiger partial charge in [-0.25, -0.2) is 23.9 Å². The van der Waals surface area contributed by atoms with Crippen molar-refractivity contribution in [1.82, 2.24) is 14.3 Å². The number of aromatic hydroxyl groups is 1. The minimum atomic E-state index is -0.824. The van der Waals surface area contributed by atoms with Gasteiger partial charge in [-0.2, -0.15) is 0 Å². The van der Waals surface area contributed by atoms with Gasteiger partial charge in [0.2, 0.25) is 0 Å². The van der Waals surface area contributed by atoms with Gasteiger partial charge in [0.25, 0.3) is 5.69 Å². The van der Waals surface area contributed by atoms with E-state index in [4.69, 9.17) is 0 Å². The van der Waals surface area contributed by atoms with Crippen LogP contribution in [-0.2, 0) is 0 Å². The van der Waals surface area contributed by atoms with E-state index in [-0.39, 0.29) is 11.4 Å². The lowest BCUT2D eigenvalue weighted by Crippen LogP contribution is -2.26. The highest BCUT2D eigenvalue weighted by molar-refractivity contribution is 5.52. The Bertz CT molecular complexity index is 1000.